The molecule has 0 aliphatic rings. The average Bonchev–Trinajstić information content (AvgIpc) is 2.95. The van der Waals surface area contributed by atoms with Gasteiger partial charge < -0.3 is 5.32 Å². The second-order valence-electron chi connectivity index (χ2n) is 5.57. The molecular formula is C19H13Cl2N3S. The average molecular weight is 386 g/mol. The lowest BCUT2D eigenvalue weighted by atomic mass is 10.0. The van der Waals surface area contributed by atoms with E-state index in [2.05, 4.69) is 22.2 Å². The van der Waals surface area contributed by atoms with Gasteiger partial charge in [0.25, 0.3) is 0 Å². The maximum Gasteiger partial charge on any atom is 0.143 e. The molecule has 0 fully saturated rings. The number of aromatic nitrogens is 2. The van der Waals surface area contributed by atoms with E-state index in [4.69, 9.17) is 23.2 Å². The molecule has 0 saturated carbocycles. The topological polar surface area (TPSA) is 37.8 Å². The van der Waals surface area contributed by atoms with Gasteiger partial charge in [-0.1, -0.05) is 35.3 Å². The molecule has 2 aromatic heterocycles. The molecule has 0 saturated heterocycles. The second kappa shape index (κ2) is 6.64. The Hall–Kier alpha value is -2.14. The van der Waals surface area contributed by atoms with Crippen LogP contribution in [0.25, 0.3) is 21.3 Å². The van der Waals surface area contributed by atoms with E-state index in [0.29, 0.717) is 5.02 Å². The monoisotopic (exact) mass is 385 g/mol. The van der Waals surface area contributed by atoms with Gasteiger partial charge in [-0.15, -0.1) is 11.3 Å². The van der Waals surface area contributed by atoms with Crippen molar-refractivity contribution in [1.29, 1.82) is 0 Å². The minimum absolute atomic E-state index is 0.701. The van der Waals surface area contributed by atoms with Crippen LogP contribution in [0, 0.1) is 6.92 Å². The van der Waals surface area contributed by atoms with E-state index < -0.39 is 0 Å². The van der Waals surface area contributed by atoms with E-state index in [1.54, 1.807) is 17.7 Å². The Balaban J connectivity index is 1.87. The minimum Gasteiger partial charge on any atom is -0.340 e. The predicted molar refractivity (Wildman–Crippen MR) is 107 cm³/mol. The molecule has 2 heterocycles. The van der Waals surface area contributed by atoms with Crippen LogP contribution < -0.4 is 5.32 Å². The second-order valence-corrected chi connectivity index (χ2v) is 7.65. The van der Waals surface area contributed by atoms with Gasteiger partial charge in [0, 0.05) is 26.2 Å². The van der Waals surface area contributed by atoms with Crippen LogP contribution >= 0.6 is 34.5 Å². The number of nitrogens with one attached hydrogen (secondary N) is 1. The summed E-state index contributed by atoms with van der Waals surface area (Å²) in [7, 11) is 0. The highest BCUT2D eigenvalue weighted by atomic mass is 35.5. The van der Waals surface area contributed by atoms with Crippen molar-refractivity contribution in [3.05, 3.63) is 69.8 Å². The summed E-state index contributed by atoms with van der Waals surface area (Å²) >= 11 is 13.7. The molecule has 25 heavy (non-hydrogen) atoms. The molecule has 6 heteroatoms. The van der Waals surface area contributed by atoms with Gasteiger partial charge in [0.15, 0.2) is 0 Å². The highest BCUT2D eigenvalue weighted by Gasteiger charge is 2.16. The van der Waals surface area contributed by atoms with E-state index in [0.717, 1.165) is 37.9 Å². The molecule has 0 spiro atoms. The Kier molecular flexibility index (Phi) is 4.34. The van der Waals surface area contributed by atoms with Crippen molar-refractivity contribution in [1.82, 2.24) is 9.97 Å². The first kappa shape index (κ1) is 16.3. The number of anilines is 2. The molecule has 3 nitrogen and oxygen atoms in total. The Morgan fingerprint density at radius 2 is 1.52 bits per heavy atom. The van der Waals surface area contributed by atoms with Crippen molar-refractivity contribution in [2.24, 2.45) is 0 Å². The SMILES string of the molecule is Cc1sc2ncnc(Nc3ccc(Cl)cc3)c2c1-c1ccc(Cl)cc1. The molecule has 4 aromatic rings. The summed E-state index contributed by atoms with van der Waals surface area (Å²) in [6, 6.07) is 15.4. The zero-order valence-corrected chi connectivity index (χ0v) is 15.6. The van der Waals surface area contributed by atoms with E-state index in [1.165, 1.54) is 4.88 Å². The zero-order valence-electron chi connectivity index (χ0n) is 13.3. The smallest absolute Gasteiger partial charge is 0.143 e. The highest BCUT2D eigenvalue weighted by Crippen LogP contribution is 2.41. The number of hydrogen-bond acceptors (Lipinski definition) is 4. The van der Waals surface area contributed by atoms with Crippen LogP contribution in [0.15, 0.2) is 54.9 Å². The van der Waals surface area contributed by atoms with Gasteiger partial charge in [-0.2, -0.15) is 0 Å². The molecule has 2 aromatic carbocycles. The Morgan fingerprint density at radius 3 is 2.20 bits per heavy atom. The Morgan fingerprint density at radius 1 is 0.880 bits per heavy atom. The van der Waals surface area contributed by atoms with Crippen LogP contribution in [0.5, 0.6) is 0 Å². The maximum atomic E-state index is 6.04. The van der Waals surface area contributed by atoms with E-state index >= 15 is 0 Å². The summed E-state index contributed by atoms with van der Waals surface area (Å²) in [5.74, 6) is 0.779. The maximum absolute atomic E-state index is 6.04. The minimum atomic E-state index is 0.701. The third-order valence-electron chi connectivity index (χ3n) is 3.90. The van der Waals surface area contributed by atoms with Crippen LogP contribution in [-0.2, 0) is 0 Å². The van der Waals surface area contributed by atoms with Crippen molar-refractivity contribution in [2.75, 3.05) is 5.32 Å². The van der Waals surface area contributed by atoms with Crippen molar-refractivity contribution >= 4 is 56.3 Å². The lowest BCUT2D eigenvalue weighted by molar-refractivity contribution is 1.23. The zero-order chi connectivity index (χ0) is 17.4. The molecule has 0 aliphatic heterocycles. The number of halogens is 2. The summed E-state index contributed by atoms with van der Waals surface area (Å²) in [6.45, 7) is 2.10. The van der Waals surface area contributed by atoms with E-state index in [9.17, 15) is 0 Å². The molecule has 0 aliphatic carbocycles. The summed E-state index contributed by atoms with van der Waals surface area (Å²) < 4.78 is 0. The van der Waals surface area contributed by atoms with Crippen LogP contribution in [0.2, 0.25) is 10.0 Å². The lowest BCUT2D eigenvalue weighted by Crippen LogP contribution is -1.95. The van der Waals surface area contributed by atoms with Gasteiger partial charge in [0.2, 0.25) is 0 Å². The van der Waals surface area contributed by atoms with Crippen LogP contribution in [0.4, 0.5) is 11.5 Å². The van der Waals surface area contributed by atoms with Gasteiger partial charge in [0.1, 0.15) is 17.0 Å². The molecule has 0 bridgehead atoms. The molecule has 1 N–H and O–H groups in total. The highest BCUT2D eigenvalue weighted by molar-refractivity contribution is 7.19. The molecular weight excluding hydrogens is 373 g/mol. The molecule has 0 unspecified atom stereocenters. The van der Waals surface area contributed by atoms with Gasteiger partial charge in [-0.05, 0) is 48.9 Å². The quantitative estimate of drug-likeness (QED) is 0.425. The summed E-state index contributed by atoms with van der Waals surface area (Å²) in [5.41, 5.74) is 3.16. The molecule has 0 atom stereocenters. The molecule has 124 valence electrons. The Labute approximate surface area is 159 Å². The first-order valence-electron chi connectivity index (χ1n) is 7.64. The van der Waals surface area contributed by atoms with Gasteiger partial charge >= 0.3 is 0 Å². The van der Waals surface area contributed by atoms with E-state index in [1.807, 2.05) is 48.5 Å². The third-order valence-corrected chi connectivity index (χ3v) is 5.42. The van der Waals surface area contributed by atoms with Crippen LogP contribution in [0.3, 0.4) is 0 Å². The van der Waals surface area contributed by atoms with Gasteiger partial charge in [0.05, 0.1) is 5.39 Å². The van der Waals surface area contributed by atoms with E-state index in [-0.39, 0.29) is 0 Å². The first-order valence-corrected chi connectivity index (χ1v) is 9.21. The Bertz CT molecular complexity index is 1040. The fraction of sp³-hybridized carbons (Fsp3) is 0.0526. The van der Waals surface area contributed by atoms with Crippen molar-refractivity contribution in [3.63, 3.8) is 0 Å². The van der Waals surface area contributed by atoms with Crippen molar-refractivity contribution in [2.45, 2.75) is 6.92 Å². The summed E-state index contributed by atoms with van der Waals surface area (Å²) in [4.78, 5) is 11.1. The lowest BCUT2D eigenvalue weighted by Gasteiger charge is -2.09. The van der Waals surface area contributed by atoms with Crippen molar-refractivity contribution < 1.29 is 0 Å². The predicted octanol–water partition coefficient (Wildman–Crippen LogP) is 6.72. The fourth-order valence-corrected chi connectivity index (χ4v) is 4.04. The number of thiophene rings is 1. The summed E-state index contributed by atoms with van der Waals surface area (Å²) in [5, 5.41) is 5.82. The van der Waals surface area contributed by atoms with Gasteiger partial charge in [-0.25, -0.2) is 9.97 Å². The number of rotatable bonds is 3. The number of hydrogen-bond donors (Lipinski definition) is 1. The number of benzene rings is 2. The third kappa shape index (κ3) is 3.21. The standard InChI is InChI=1S/C19H13Cl2N3S/c1-11-16(12-2-4-13(20)5-3-12)17-18(22-10-23-19(17)25-11)24-15-8-6-14(21)7-9-15/h2-10H,1H3,(H,22,23,24). The molecule has 0 amide bonds. The van der Waals surface area contributed by atoms with Crippen molar-refractivity contribution in [3.8, 4) is 11.1 Å². The normalized spacial score (nSPS) is 11.0. The van der Waals surface area contributed by atoms with Gasteiger partial charge in [-0.3, -0.25) is 0 Å². The molecule has 4 rings (SSSR count). The van der Waals surface area contributed by atoms with Crippen LogP contribution in [0.1, 0.15) is 4.88 Å². The fourth-order valence-electron chi connectivity index (χ4n) is 2.77. The first-order chi connectivity index (χ1) is 12.1. The molecule has 0 radical (unpaired) electrons. The number of aryl methyl sites for hydroxylation is 1. The van der Waals surface area contributed by atoms with Crippen LogP contribution in [-0.4, -0.2) is 9.97 Å². The summed E-state index contributed by atoms with van der Waals surface area (Å²) in [6.07, 6.45) is 1.59. The number of nitrogens with zero attached hydrogens (tertiary/aromatic N) is 2. The number of fused-ring (bicyclic) bond motifs is 1. The largest absolute Gasteiger partial charge is 0.340 e.